The molecule has 0 heterocycles. The second-order valence-corrected chi connectivity index (χ2v) is 4.41. The first-order valence-corrected chi connectivity index (χ1v) is 5.98. The number of hydrogen-bond donors (Lipinski definition) is 2. The van der Waals surface area contributed by atoms with Gasteiger partial charge < -0.3 is 11.1 Å². The SMILES string of the molecule is NCCCCNC(=O)c1c(F)cc(Br)cc1F. The molecule has 0 saturated carbocycles. The van der Waals surface area contributed by atoms with Crippen LogP contribution in [0.5, 0.6) is 0 Å². The molecule has 0 atom stereocenters. The van der Waals surface area contributed by atoms with Crippen LogP contribution >= 0.6 is 15.9 Å². The summed E-state index contributed by atoms with van der Waals surface area (Å²) in [4.78, 5) is 11.5. The molecule has 1 rings (SSSR count). The van der Waals surface area contributed by atoms with Crippen LogP contribution in [-0.2, 0) is 0 Å². The molecule has 0 aromatic heterocycles. The zero-order valence-corrected chi connectivity index (χ0v) is 10.7. The summed E-state index contributed by atoms with van der Waals surface area (Å²) in [6, 6.07) is 2.11. The maximum absolute atomic E-state index is 13.4. The number of carbonyl (C=O) groups is 1. The van der Waals surface area contributed by atoms with Gasteiger partial charge in [0.1, 0.15) is 17.2 Å². The summed E-state index contributed by atoms with van der Waals surface area (Å²) in [5.41, 5.74) is 4.73. The number of nitrogens with one attached hydrogen (secondary N) is 1. The summed E-state index contributed by atoms with van der Waals surface area (Å²) in [5.74, 6) is -2.51. The number of nitrogens with two attached hydrogens (primary N) is 1. The van der Waals surface area contributed by atoms with Crippen molar-refractivity contribution in [1.82, 2.24) is 5.32 Å². The fraction of sp³-hybridized carbons (Fsp3) is 0.364. The molecule has 0 unspecified atom stereocenters. The Balaban J connectivity index is 2.69. The Morgan fingerprint density at radius 2 is 1.88 bits per heavy atom. The molecule has 0 radical (unpaired) electrons. The largest absolute Gasteiger partial charge is 0.352 e. The highest BCUT2D eigenvalue weighted by atomic mass is 79.9. The minimum atomic E-state index is -0.881. The highest BCUT2D eigenvalue weighted by molar-refractivity contribution is 9.10. The van der Waals surface area contributed by atoms with Gasteiger partial charge in [0.05, 0.1) is 0 Å². The summed E-state index contributed by atoms with van der Waals surface area (Å²) in [7, 11) is 0. The van der Waals surface area contributed by atoms with E-state index in [1.54, 1.807) is 0 Å². The molecule has 3 N–H and O–H groups in total. The van der Waals surface area contributed by atoms with Crippen LogP contribution in [0.15, 0.2) is 16.6 Å². The van der Waals surface area contributed by atoms with Crippen LogP contribution in [0, 0.1) is 11.6 Å². The quantitative estimate of drug-likeness (QED) is 0.819. The Kier molecular flexibility index (Phi) is 5.50. The molecule has 6 heteroatoms. The average Bonchev–Trinajstić information content (AvgIpc) is 2.23. The van der Waals surface area contributed by atoms with Crippen LogP contribution < -0.4 is 11.1 Å². The second-order valence-electron chi connectivity index (χ2n) is 3.50. The number of carbonyl (C=O) groups excluding carboxylic acids is 1. The third-order valence-electron chi connectivity index (χ3n) is 2.15. The Morgan fingerprint density at radius 1 is 1.29 bits per heavy atom. The van der Waals surface area contributed by atoms with Crippen molar-refractivity contribution in [2.24, 2.45) is 5.73 Å². The third kappa shape index (κ3) is 4.05. The van der Waals surface area contributed by atoms with Crippen molar-refractivity contribution in [2.45, 2.75) is 12.8 Å². The van der Waals surface area contributed by atoms with E-state index in [1.165, 1.54) is 0 Å². The lowest BCUT2D eigenvalue weighted by molar-refractivity contribution is 0.0944. The first-order valence-electron chi connectivity index (χ1n) is 5.19. The van der Waals surface area contributed by atoms with E-state index in [0.717, 1.165) is 18.6 Å². The molecule has 0 aliphatic carbocycles. The van der Waals surface area contributed by atoms with Crippen molar-refractivity contribution >= 4 is 21.8 Å². The Bertz CT molecular complexity index is 389. The Labute approximate surface area is 107 Å². The number of benzene rings is 1. The van der Waals surface area contributed by atoms with Crippen molar-refractivity contribution in [1.29, 1.82) is 0 Å². The molecule has 0 saturated heterocycles. The van der Waals surface area contributed by atoms with E-state index in [0.29, 0.717) is 19.5 Å². The van der Waals surface area contributed by atoms with Gasteiger partial charge in [0, 0.05) is 11.0 Å². The third-order valence-corrected chi connectivity index (χ3v) is 2.61. The van der Waals surface area contributed by atoms with Crippen molar-refractivity contribution < 1.29 is 13.6 Å². The highest BCUT2D eigenvalue weighted by Crippen LogP contribution is 2.19. The van der Waals surface area contributed by atoms with Gasteiger partial charge in [-0.05, 0) is 31.5 Å². The van der Waals surface area contributed by atoms with E-state index in [4.69, 9.17) is 5.73 Å². The van der Waals surface area contributed by atoms with E-state index in [-0.39, 0.29) is 4.47 Å². The molecule has 1 aromatic carbocycles. The van der Waals surface area contributed by atoms with E-state index in [2.05, 4.69) is 21.2 Å². The molecular weight excluding hydrogens is 294 g/mol. The van der Waals surface area contributed by atoms with Crippen molar-refractivity contribution in [3.63, 3.8) is 0 Å². The summed E-state index contributed by atoms with van der Waals surface area (Å²) < 4.78 is 27.0. The van der Waals surface area contributed by atoms with Crippen LogP contribution in [0.2, 0.25) is 0 Å². The Hall–Kier alpha value is -1.01. The standard InChI is InChI=1S/C11H13BrF2N2O/c12-7-5-8(13)10(9(14)6-7)11(17)16-4-2-1-3-15/h5-6H,1-4,15H2,(H,16,17). The lowest BCUT2D eigenvalue weighted by atomic mass is 10.2. The molecule has 0 aliphatic rings. The monoisotopic (exact) mass is 306 g/mol. The summed E-state index contributed by atoms with van der Waals surface area (Å²) in [6.45, 7) is 0.877. The number of hydrogen-bond acceptors (Lipinski definition) is 2. The van der Waals surface area contributed by atoms with Gasteiger partial charge in [-0.1, -0.05) is 15.9 Å². The van der Waals surface area contributed by atoms with Crippen molar-refractivity contribution in [2.75, 3.05) is 13.1 Å². The molecular formula is C11H13BrF2N2O. The van der Waals surface area contributed by atoms with Crippen LogP contribution in [-0.4, -0.2) is 19.0 Å². The molecule has 3 nitrogen and oxygen atoms in total. The van der Waals surface area contributed by atoms with Gasteiger partial charge in [-0.3, -0.25) is 4.79 Å². The van der Waals surface area contributed by atoms with E-state index in [9.17, 15) is 13.6 Å². The van der Waals surface area contributed by atoms with E-state index >= 15 is 0 Å². The van der Waals surface area contributed by atoms with Gasteiger partial charge in [-0.2, -0.15) is 0 Å². The molecule has 0 bridgehead atoms. The minimum absolute atomic E-state index is 0.257. The van der Waals surface area contributed by atoms with Gasteiger partial charge >= 0.3 is 0 Å². The molecule has 1 aromatic rings. The molecule has 0 aliphatic heterocycles. The van der Waals surface area contributed by atoms with Crippen LogP contribution in [0.3, 0.4) is 0 Å². The fourth-order valence-electron chi connectivity index (χ4n) is 1.32. The van der Waals surface area contributed by atoms with Crippen molar-refractivity contribution in [3.8, 4) is 0 Å². The highest BCUT2D eigenvalue weighted by Gasteiger charge is 2.17. The van der Waals surface area contributed by atoms with Gasteiger partial charge in [-0.15, -0.1) is 0 Å². The predicted molar refractivity (Wildman–Crippen MR) is 64.7 cm³/mol. The molecule has 17 heavy (non-hydrogen) atoms. The van der Waals surface area contributed by atoms with Crippen LogP contribution in [0.25, 0.3) is 0 Å². The van der Waals surface area contributed by atoms with Crippen molar-refractivity contribution in [3.05, 3.63) is 33.8 Å². The minimum Gasteiger partial charge on any atom is -0.352 e. The van der Waals surface area contributed by atoms with Crippen LogP contribution in [0.1, 0.15) is 23.2 Å². The molecule has 0 fully saturated rings. The maximum Gasteiger partial charge on any atom is 0.257 e. The number of amides is 1. The van der Waals surface area contributed by atoms with Crippen LogP contribution in [0.4, 0.5) is 8.78 Å². The van der Waals surface area contributed by atoms with Gasteiger partial charge in [0.25, 0.3) is 5.91 Å². The summed E-state index contributed by atoms with van der Waals surface area (Å²) >= 11 is 2.94. The zero-order chi connectivity index (χ0) is 12.8. The van der Waals surface area contributed by atoms with Gasteiger partial charge in [0.15, 0.2) is 0 Å². The number of halogens is 3. The lowest BCUT2D eigenvalue weighted by Gasteiger charge is -2.07. The van der Waals surface area contributed by atoms with Gasteiger partial charge in [-0.25, -0.2) is 8.78 Å². The van der Waals surface area contributed by atoms with Gasteiger partial charge in [0.2, 0.25) is 0 Å². The molecule has 1 amide bonds. The summed E-state index contributed by atoms with van der Waals surface area (Å²) in [6.07, 6.45) is 1.44. The first kappa shape index (κ1) is 14.1. The smallest absolute Gasteiger partial charge is 0.257 e. The average molecular weight is 307 g/mol. The number of unbranched alkanes of at least 4 members (excludes halogenated alkanes) is 1. The lowest BCUT2D eigenvalue weighted by Crippen LogP contribution is -2.26. The zero-order valence-electron chi connectivity index (χ0n) is 9.10. The topological polar surface area (TPSA) is 55.1 Å². The maximum atomic E-state index is 13.4. The second kappa shape index (κ2) is 6.66. The van der Waals surface area contributed by atoms with E-state index < -0.39 is 23.1 Å². The molecule has 94 valence electrons. The van der Waals surface area contributed by atoms with E-state index in [1.807, 2.05) is 0 Å². The normalized spacial score (nSPS) is 10.4. The fourth-order valence-corrected chi connectivity index (χ4v) is 1.72. The predicted octanol–water partition coefficient (Wildman–Crippen LogP) is 2.20. The summed E-state index contributed by atoms with van der Waals surface area (Å²) in [5, 5.41) is 2.45. The first-order chi connectivity index (χ1) is 8.06. The molecule has 0 spiro atoms. The Morgan fingerprint density at radius 3 is 2.41 bits per heavy atom. The number of rotatable bonds is 5.